The molecule has 8 aliphatic rings. The Morgan fingerprint density at radius 2 is 1.23 bits per heavy atom. The van der Waals surface area contributed by atoms with Crippen molar-refractivity contribution in [2.45, 2.75) is 214 Å². The summed E-state index contributed by atoms with van der Waals surface area (Å²) in [5.41, 5.74) is 26.1. The van der Waals surface area contributed by atoms with E-state index in [1.807, 2.05) is 113 Å². The predicted octanol–water partition coefficient (Wildman–Crippen LogP) is 22.7. The van der Waals surface area contributed by atoms with Gasteiger partial charge in [0, 0.05) is 49.3 Å². The van der Waals surface area contributed by atoms with Gasteiger partial charge in [0.15, 0.2) is 0 Å². The van der Waals surface area contributed by atoms with Gasteiger partial charge in [-0.15, -0.1) is 11.3 Å². The zero-order valence-electron chi connectivity index (χ0n) is 69.5. The molecule has 4 heterocycles. The molecule has 2 aromatic heterocycles. The summed E-state index contributed by atoms with van der Waals surface area (Å²) in [6, 6.07) is 53.6. The third kappa shape index (κ3) is 24.8. The number of carbonyl (C=O) groups excluding carboxylic acids is 4. The van der Waals surface area contributed by atoms with Crippen molar-refractivity contribution in [2.24, 2.45) is 51.1 Å². The Balaban J connectivity index is 0.000000137. The molecular formula is C99H121ClN8O8S. The molecule has 1 saturated heterocycles. The molecule has 2 amide bonds. The second-order valence-corrected chi connectivity index (χ2v) is 36.1. The Bertz CT molecular complexity index is 4760. The number of urea groups is 1. The van der Waals surface area contributed by atoms with Crippen LogP contribution in [0.3, 0.4) is 0 Å². The highest BCUT2D eigenvalue weighted by Crippen LogP contribution is 2.61. The number of ether oxygens (including phenoxy) is 3. The number of aryl methyl sites for hydroxylation is 2. The van der Waals surface area contributed by atoms with Gasteiger partial charge in [0.05, 0.1) is 42.5 Å². The summed E-state index contributed by atoms with van der Waals surface area (Å²) in [5, 5.41) is 19.0. The molecule has 18 heteroatoms. The van der Waals surface area contributed by atoms with Gasteiger partial charge in [-0.1, -0.05) is 185 Å². The van der Waals surface area contributed by atoms with Crippen molar-refractivity contribution in [1.82, 2.24) is 20.3 Å². The lowest BCUT2D eigenvalue weighted by Crippen LogP contribution is -2.48. The number of hydroxylamine groups is 2. The number of rotatable bonds is 20. The quantitative estimate of drug-likeness (QED) is 0.0157. The van der Waals surface area contributed by atoms with E-state index in [2.05, 4.69) is 106 Å². The van der Waals surface area contributed by atoms with Crippen LogP contribution in [0.4, 0.5) is 16.2 Å². The number of piperidine rings is 1. The van der Waals surface area contributed by atoms with Crippen LogP contribution >= 0.6 is 22.9 Å². The van der Waals surface area contributed by atoms with Crippen LogP contribution in [0.5, 0.6) is 0 Å². The molecule has 117 heavy (non-hydrogen) atoms. The van der Waals surface area contributed by atoms with E-state index in [0.717, 1.165) is 142 Å². The second kappa shape index (κ2) is 41.7. The van der Waals surface area contributed by atoms with Gasteiger partial charge in [-0.25, -0.2) is 29.1 Å². The Kier molecular flexibility index (Phi) is 31.0. The fourth-order valence-corrected chi connectivity index (χ4v) is 20.4. The SMILES string of the molecule is CC(C)(C)OC(=O)c1ccc(CC23CC4CC(CC(C4)C2)C3)c(/C=C\c2cncnc2)c1.CC(c1cc2ccccc2s1)N(O)C(N)=O.CCOC(=O)c1ccc(CC2CCCCC2)c(CCc2ccccc2)c1.CCOC(=O)c1ccc(CC2CCCCC2)c(N)c1.Clc1cccc(CN=C2Nc3ccccc3CC23CCNCC3)c1. The van der Waals surface area contributed by atoms with Gasteiger partial charge in [-0.3, -0.25) is 10.2 Å². The maximum Gasteiger partial charge on any atom is 0.339 e. The number of nitrogen functional groups attached to an aromatic ring is 1. The number of nitrogens with zero attached hydrogens (tertiary/aromatic N) is 4. The van der Waals surface area contributed by atoms with Gasteiger partial charge in [-0.05, 0) is 296 Å². The van der Waals surface area contributed by atoms with Crippen LogP contribution in [0, 0.1) is 40.4 Å². The van der Waals surface area contributed by atoms with E-state index in [0.29, 0.717) is 46.9 Å². The van der Waals surface area contributed by atoms with Crippen LogP contribution in [0.2, 0.25) is 5.02 Å². The fraction of sp³-hybridized carbons (Fsp3) is 0.444. The van der Waals surface area contributed by atoms with Gasteiger partial charge in [-0.2, -0.15) is 5.06 Å². The molecule has 0 radical (unpaired) electrons. The highest BCUT2D eigenvalue weighted by Gasteiger charge is 2.51. The first kappa shape index (κ1) is 86.8. The molecule has 17 rings (SSSR count). The Morgan fingerprint density at radius 3 is 1.85 bits per heavy atom. The molecule has 16 nitrogen and oxygen atoms in total. The summed E-state index contributed by atoms with van der Waals surface area (Å²) in [5.74, 6) is 4.72. The average Bonchev–Trinajstić information content (AvgIpc) is 1.11. The smallest absolute Gasteiger partial charge is 0.339 e. The van der Waals surface area contributed by atoms with E-state index >= 15 is 0 Å². The highest BCUT2D eigenvalue weighted by molar-refractivity contribution is 7.19. The first-order chi connectivity index (χ1) is 56.6. The molecule has 6 saturated carbocycles. The summed E-state index contributed by atoms with van der Waals surface area (Å²) in [4.78, 5) is 61.5. The number of primary amides is 1. The summed E-state index contributed by atoms with van der Waals surface area (Å²) >= 11 is 7.64. The third-order valence-electron chi connectivity index (χ3n) is 24.5. The van der Waals surface area contributed by atoms with E-state index in [4.69, 9.17) is 42.3 Å². The lowest BCUT2D eigenvalue weighted by molar-refractivity contribution is -0.0700. The lowest BCUT2D eigenvalue weighted by Gasteiger charge is -2.57. The predicted molar refractivity (Wildman–Crippen MR) is 475 cm³/mol. The van der Waals surface area contributed by atoms with Crippen molar-refractivity contribution < 1.29 is 38.6 Å². The van der Waals surface area contributed by atoms with Gasteiger partial charge in [0.1, 0.15) is 17.8 Å². The highest BCUT2D eigenvalue weighted by atomic mass is 35.5. The lowest BCUT2D eigenvalue weighted by atomic mass is 9.48. The van der Waals surface area contributed by atoms with Gasteiger partial charge < -0.3 is 36.3 Å². The van der Waals surface area contributed by atoms with Gasteiger partial charge in [0.2, 0.25) is 0 Å². The van der Waals surface area contributed by atoms with Crippen LogP contribution in [0.15, 0.2) is 188 Å². The molecule has 2 aliphatic heterocycles. The number of amidine groups is 1. The minimum absolute atomic E-state index is 0.137. The van der Waals surface area contributed by atoms with Crippen molar-refractivity contribution in [3.05, 3.63) is 259 Å². The van der Waals surface area contributed by atoms with Crippen LogP contribution in [-0.4, -0.2) is 81.9 Å². The normalized spacial score (nSPS) is 19.8. The summed E-state index contributed by atoms with van der Waals surface area (Å²) in [6.45, 7) is 14.7. The van der Waals surface area contributed by atoms with Crippen LogP contribution in [0.25, 0.3) is 22.2 Å². The average molecular weight is 1620 g/mol. The number of para-hydroxylation sites is 1. The molecule has 1 unspecified atom stereocenters. The summed E-state index contributed by atoms with van der Waals surface area (Å²) in [7, 11) is 0. The number of halogens is 1. The second-order valence-electron chi connectivity index (χ2n) is 34.6. The van der Waals surface area contributed by atoms with E-state index in [9.17, 15) is 24.4 Å². The number of thiophene rings is 1. The molecule has 7 fully saturated rings. The first-order valence-corrected chi connectivity index (χ1v) is 44.1. The standard InChI is InChI=1S/C28H34N2O2.C24H30O2.C20H22ClN3.C16H23NO2.C11H12N2O2S/c1-27(2,3)32-26(31)24-6-7-25(23(11-24)5-4-19-16-29-18-30-17-19)15-28-12-20-8-21(13-28)10-22(9-20)14-28;1-2-26-24(25)23-16-15-21(17-20-11-7-4-8-12-20)22(18-23)14-13-19-9-5-3-6-10-19;21-17-6-3-4-15(12-17)14-23-19-20(8-10-22-11-9-20)13-16-5-1-2-7-18(16)24-19;1-2-19-16(18)14-9-8-13(15(17)11-14)10-12-6-4-3-5-7-12;1-7(13(15)11(12)14)10-6-8-4-2-3-5-9(8)16-10/h4-7,11,16-18,20-22H,8-10,12-15H2,1-3H3;3,5-6,9-10,15-16,18,20H,2,4,7-8,11-14,17H2,1H3;1-7,12,22H,8-11,13-14H2,(H,23,24);8-9,11-12H,2-7,10,17H2,1H3;2-7,15H,1H3,(H2,12,14)/b5-4-;;;;. The number of benzene rings is 7. The molecule has 1 atom stereocenters. The number of hydrogen-bond acceptors (Lipinski definition) is 14. The number of nitrogens with one attached hydrogen (secondary N) is 2. The molecule has 4 bridgehead atoms. The van der Waals surface area contributed by atoms with Crippen LogP contribution in [0.1, 0.15) is 249 Å². The number of carbonyl (C=O) groups is 4. The monoisotopic (exact) mass is 1620 g/mol. The van der Waals surface area contributed by atoms with E-state index < -0.39 is 17.7 Å². The number of fused-ring (bicyclic) bond motifs is 2. The first-order valence-electron chi connectivity index (χ1n) is 42.9. The van der Waals surface area contributed by atoms with Crippen molar-refractivity contribution in [3.8, 4) is 0 Å². The molecule has 6 aliphatic carbocycles. The molecule has 7 aromatic carbocycles. The molecular weight excluding hydrogens is 1500 g/mol. The minimum Gasteiger partial charge on any atom is -0.462 e. The van der Waals surface area contributed by atoms with Gasteiger partial charge in [0.25, 0.3) is 0 Å². The van der Waals surface area contributed by atoms with E-state index in [1.54, 1.807) is 50.0 Å². The number of hydrogen-bond donors (Lipinski definition) is 5. The summed E-state index contributed by atoms with van der Waals surface area (Å²) in [6.07, 6.45) is 39.9. The Labute approximate surface area is 702 Å². The van der Waals surface area contributed by atoms with Crippen LogP contribution in [-0.2, 0) is 59.3 Å². The maximum atomic E-state index is 12.7. The maximum absolute atomic E-state index is 12.7. The van der Waals surface area contributed by atoms with Crippen molar-refractivity contribution >= 4 is 86.3 Å². The number of amides is 2. The fourth-order valence-electron chi connectivity index (χ4n) is 19.1. The van der Waals surface area contributed by atoms with Crippen molar-refractivity contribution in [1.29, 1.82) is 0 Å². The number of aromatic nitrogens is 2. The van der Waals surface area contributed by atoms with Crippen LogP contribution < -0.4 is 22.1 Å². The largest absolute Gasteiger partial charge is 0.462 e. The molecule has 9 aromatic rings. The minimum atomic E-state index is -0.843. The molecule has 7 N–H and O–H groups in total. The van der Waals surface area contributed by atoms with E-state index in [-0.39, 0.29) is 23.3 Å². The Morgan fingerprint density at radius 1 is 0.650 bits per heavy atom. The zero-order valence-corrected chi connectivity index (χ0v) is 71.1. The van der Waals surface area contributed by atoms with Gasteiger partial charge >= 0.3 is 23.9 Å². The zero-order chi connectivity index (χ0) is 82.3. The topological polar surface area (TPSA) is 234 Å². The molecule has 1 spiro atoms. The van der Waals surface area contributed by atoms with E-state index in [1.165, 1.54) is 142 Å². The summed E-state index contributed by atoms with van der Waals surface area (Å²) < 4.78 is 16.9. The van der Waals surface area contributed by atoms with Crippen molar-refractivity contribution in [2.75, 3.05) is 37.4 Å². The Hall–Kier alpha value is -9.52. The number of anilines is 2. The molecule has 618 valence electrons. The number of nitrogens with two attached hydrogens (primary N) is 2. The third-order valence-corrected chi connectivity index (χ3v) is 26.1. The number of aliphatic imine (C=N–C) groups is 1. The number of esters is 3. The van der Waals surface area contributed by atoms with Crippen molar-refractivity contribution in [3.63, 3.8) is 0 Å².